The van der Waals surface area contributed by atoms with Gasteiger partial charge in [-0.3, -0.25) is 0 Å². The van der Waals surface area contributed by atoms with Crippen molar-refractivity contribution >= 4 is 0 Å². The second-order valence-corrected chi connectivity index (χ2v) is 5.38. The highest BCUT2D eigenvalue weighted by atomic mass is 16.5. The second kappa shape index (κ2) is 5.48. The molecule has 94 valence electrons. The standard InChI is InChI=1S/C13H25NO2/c1-2-12(15)4-8-14-11-5-9-16-13(10-11)6-3-7-13/h11-12,14-15H,2-10H2,1H3. The Bertz CT molecular complexity index is 216. The molecule has 0 amide bonds. The molecule has 0 radical (unpaired) electrons. The molecule has 2 rings (SSSR count). The second-order valence-electron chi connectivity index (χ2n) is 5.38. The zero-order valence-corrected chi connectivity index (χ0v) is 10.4. The smallest absolute Gasteiger partial charge is 0.0697 e. The minimum absolute atomic E-state index is 0.134. The summed E-state index contributed by atoms with van der Waals surface area (Å²) in [4.78, 5) is 0. The van der Waals surface area contributed by atoms with E-state index in [1.54, 1.807) is 0 Å². The highest BCUT2D eigenvalue weighted by Gasteiger charge is 2.42. The van der Waals surface area contributed by atoms with Crippen molar-refractivity contribution in [2.24, 2.45) is 0 Å². The van der Waals surface area contributed by atoms with Crippen LogP contribution in [0.1, 0.15) is 51.9 Å². The molecule has 0 aromatic heterocycles. The van der Waals surface area contributed by atoms with Gasteiger partial charge in [0.25, 0.3) is 0 Å². The van der Waals surface area contributed by atoms with E-state index in [4.69, 9.17) is 4.74 Å². The average Bonchev–Trinajstić information content (AvgIpc) is 2.27. The van der Waals surface area contributed by atoms with Gasteiger partial charge in [0.1, 0.15) is 0 Å². The maximum atomic E-state index is 9.48. The lowest BCUT2D eigenvalue weighted by Crippen LogP contribution is -2.51. The Labute approximate surface area is 98.6 Å². The third kappa shape index (κ3) is 2.96. The summed E-state index contributed by atoms with van der Waals surface area (Å²) in [6.45, 7) is 3.88. The van der Waals surface area contributed by atoms with Crippen LogP contribution in [0.15, 0.2) is 0 Å². The molecule has 1 aliphatic heterocycles. The number of nitrogens with one attached hydrogen (secondary N) is 1. The first-order valence-electron chi connectivity index (χ1n) is 6.79. The minimum Gasteiger partial charge on any atom is -0.393 e. The predicted octanol–water partition coefficient (Wildman–Crippen LogP) is 1.84. The first-order valence-corrected chi connectivity index (χ1v) is 6.79. The van der Waals surface area contributed by atoms with Gasteiger partial charge in [-0.2, -0.15) is 0 Å². The number of hydrogen-bond acceptors (Lipinski definition) is 3. The van der Waals surface area contributed by atoms with Crippen molar-refractivity contribution in [2.45, 2.75) is 69.6 Å². The summed E-state index contributed by atoms with van der Waals surface area (Å²) >= 11 is 0. The Kier molecular flexibility index (Phi) is 4.22. The predicted molar refractivity (Wildman–Crippen MR) is 64.5 cm³/mol. The van der Waals surface area contributed by atoms with E-state index >= 15 is 0 Å². The molecule has 1 heterocycles. The van der Waals surface area contributed by atoms with E-state index in [9.17, 15) is 5.11 Å². The number of aliphatic hydroxyl groups excluding tert-OH is 1. The van der Waals surface area contributed by atoms with Crippen molar-refractivity contribution in [3.05, 3.63) is 0 Å². The van der Waals surface area contributed by atoms with E-state index in [0.29, 0.717) is 6.04 Å². The van der Waals surface area contributed by atoms with E-state index in [2.05, 4.69) is 5.32 Å². The molecule has 2 unspecified atom stereocenters. The molecule has 16 heavy (non-hydrogen) atoms. The van der Waals surface area contributed by atoms with Crippen LogP contribution in [0.2, 0.25) is 0 Å². The van der Waals surface area contributed by atoms with Gasteiger partial charge in [-0.1, -0.05) is 6.92 Å². The summed E-state index contributed by atoms with van der Waals surface area (Å²) in [6.07, 6.45) is 7.75. The summed E-state index contributed by atoms with van der Waals surface area (Å²) in [6, 6.07) is 0.609. The van der Waals surface area contributed by atoms with E-state index < -0.39 is 0 Å². The molecule has 1 aliphatic carbocycles. The van der Waals surface area contributed by atoms with E-state index in [1.807, 2.05) is 6.92 Å². The van der Waals surface area contributed by atoms with Crippen LogP contribution in [0, 0.1) is 0 Å². The van der Waals surface area contributed by atoms with Crippen molar-refractivity contribution in [3.8, 4) is 0 Å². The minimum atomic E-state index is -0.134. The Morgan fingerprint density at radius 1 is 1.50 bits per heavy atom. The van der Waals surface area contributed by atoms with E-state index in [1.165, 1.54) is 25.7 Å². The SMILES string of the molecule is CCC(O)CCNC1CCOC2(CCC2)C1. The fraction of sp³-hybridized carbons (Fsp3) is 1.00. The Morgan fingerprint density at radius 2 is 2.31 bits per heavy atom. The van der Waals surface area contributed by atoms with Crippen LogP contribution in [0.5, 0.6) is 0 Å². The van der Waals surface area contributed by atoms with Crippen LogP contribution in [0.3, 0.4) is 0 Å². The molecule has 0 bridgehead atoms. The van der Waals surface area contributed by atoms with Crippen molar-refractivity contribution in [1.29, 1.82) is 0 Å². The van der Waals surface area contributed by atoms with E-state index in [0.717, 1.165) is 32.4 Å². The van der Waals surface area contributed by atoms with Crippen LogP contribution in [-0.4, -0.2) is 36.0 Å². The van der Waals surface area contributed by atoms with Gasteiger partial charge < -0.3 is 15.2 Å². The number of aliphatic hydroxyl groups is 1. The topological polar surface area (TPSA) is 41.5 Å². The highest BCUT2D eigenvalue weighted by Crippen LogP contribution is 2.42. The van der Waals surface area contributed by atoms with Gasteiger partial charge in [-0.15, -0.1) is 0 Å². The highest BCUT2D eigenvalue weighted by molar-refractivity contribution is 4.95. The Balaban J connectivity index is 1.65. The molecule has 1 saturated heterocycles. The van der Waals surface area contributed by atoms with Crippen molar-refractivity contribution in [2.75, 3.05) is 13.2 Å². The van der Waals surface area contributed by atoms with Gasteiger partial charge in [0, 0.05) is 12.6 Å². The number of rotatable bonds is 5. The number of hydrogen-bond donors (Lipinski definition) is 2. The summed E-state index contributed by atoms with van der Waals surface area (Å²) in [7, 11) is 0. The monoisotopic (exact) mass is 227 g/mol. The van der Waals surface area contributed by atoms with Gasteiger partial charge in [0.15, 0.2) is 0 Å². The van der Waals surface area contributed by atoms with Crippen LogP contribution in [0.25, 0.3) is 0 Å². The molecular weight excluding hydrogens is 202 g/mol. The van der Waals surface area contributed by atoms with Gasteiger partial charge in [-0.25, -0.2) is 0 Å². The summed E-state index contributed by atoms with van der Waals surface area (Å²) < 4.78 is 5.89. The molecule has 3 nitrogen and oxygen atoms in total. The normalized spacial score (nSPS) is 30.0. The van der Waals surface area contributed by atoms with Gasteiger partial charge in [0.05, 0.1) is 11.7 Å². The molecule has 1 spiro atoms. The quantitative estimate of drug-likeness (QED) is 0.753. The van der Waals surface area contributed by atoms with Crippen molar-refractivity contribution < 1.29 is 9.84 Å². The molecule has 2 atom stereocenters. The summed E-state index contributed by atoms with van der Waals surface area (Å²) in [5.74, 6) is 0. The summed E-state index contributed by atoms with van der Waals surface area (Å²) in [5, 5.41) is 13.1. The van der Waals surface area contributed by atoms with Crippen LogP contribution in [-0.2, 0) is 4.74 Å². The van der Waals surface area contributed by atoms with Gasteiger partial charge >= 0.3 is 0 Å². The zero-order chi connectivity index (χ0) is 11.4. The average molecular weight is 227 g/mol. The molecule has 3 heteroatoms. The first kappa shape index (κ1) is 12.3. The van der Waals surface area contributed by atoms with Gasteiger partial charge in [0.2, 0.25) is 0 Å². The summed E-state index contributed by atoms with van der Waals surface area (Å²) in [5.41, 5.74) is 0.235. The zero-order valence-electron chi connectivity index (χ0n) is 10.4. The largest absolute Gasteiger partial charge is 0.393 e. The molecule has 2 N–H and O–H groups in total. The van der Waals surface area contributed by atoms with Gasteiger partial charge in [-0.05, 0) is 51.5 Å². The number of ether oxygens (including phenoxy) is 1. The first-order chi connectivity index (χ1) is 7.74. The molecule has 2 fully saturated rings. The fourth-order valence-electron chi connectivity index (χ4n) is 2.78. The van der Waals surface area contributed by atoms with Crippen LogP contribution in [0.4, 0.5) is 0 Å². The van der Waals surface area contributed by atoms with Crippen molar-refractivity contribution in [3.63, 3.8) is 0 Å². The molecule has 1 saturated carbocycles. The molecule has 0 aromatic carbocycles. The molecule has 0 aromatic rings. The maximum Gasteiger partial charge on any atom is 0.0697 e. The van der Waals surface area contributed by atoms with Crippen LogP contribution >= 0.6 is 0 Å². The Morgan fingerprint density at radius 3 is 2.94 bits per heavy atom. The molecular formula is C13H25NO2. The van der Waals surface area contributed by atoms with Crippen molar-refractivity contribution in [1.82, 2.24) is 5.32 Å². The van der Waals surface area contributed by atoms with Crippen LogP contribution < -0.4 is 5.32 Å². The third-order valence-electron chi connectivity index (χ3n) is 4.14. The maximum absolute atomic E-state index is 9.48. The third-order valence-corrected chi connectivity index (χ3v) is 4.14. The Hall–Kier alpha value is -0.120. The fourth-order valence-corrected chi connectivity index (χ4v) is 2.78. The van der Waals surface area contributed by atoms with E-state index in [-0.39, 0.29) is 11.7 Å². The lowest BCUT2D eigenvalue weighted by Gasteiger charge is -2.47. The lowest BCUT2D eigenvalue weighted by molar-refractivity contribution is -0.135. The lowest BCUT2D eigenvalue weighted by atomic mass is 9.74. The molecule has 2 aliphatic rings.